The first-order valence-electron chi connectivity index (χ1n) is 9.12. The Bertz CT molecular complexity index is 791. The second-order valence-electron chi connectivity index (χ2n) is 6.56. The summed E-state index contributed by atoms with van der Waals surface area (Å²) in [5.74, 6) is 1.14. The molecule has 6 heteroatoms. The van der Waals surface area contributed by atoms with Gasteiger partial charge in [0.15, 0.2) is 0 Å². The molecule has 1 unspecified atom stereocenters. The number of nitrogens with one attached hydrogen (secondary N) is 1. The van der Waals surface area contributed by atoms with Crippen LogP contribution in [0.4, 0.5) is 0 Å². The largest absolute Gasteiger partial charge is 0.496 e. The van der Waals surface area contributed by atoms with Gasteiger partial charge < -0.3 is 14.8 Å². The number of ether oxygens (including phenoxy) is 2. The smallest absolute Gasteiger partial charge is 0.255 e. The van der Waals surface area contributed by atoms with Crippen LogP contribution in [-0.2, 0) is 0 Å². The Kier molecular flexibility index (Phi) is 6.58. The molecule has 1 saturated heterocycles. The molecular weight excluding hydrogens is 364 g/mol. The van der Waals surface area contributed by atoms with Crippen LogP contribution in [0, 0.1) is 0 Å². The third-order valence-corrected chi connectivity index (χ3v) is 5.18. The molecule has 0 radical (unpaired) electrons. The molecule has 27 heavy (non-hydrogen) atoms. The van der Waals surface area contributed by atoms with Crippen molar-refractivity contribution in [1.82, 2.24) is 10.2 Å². The average Bonchev–Trinajstić information content (AvgIpc) is 3.22. The number of amides is 1. The number of rotatable bonds is 7. The highest BCUT2D eigenvalue weighted by molar-refractivity contribution is 6.31. The molecule has 1 amide bonds. The molecule has 1 heterocycles. The Balaban J connectivity index is 1.81. The predicted molar refractivity (Wildman–Crippen MR) is 107 cm³/mol. The molecule has 1 atom stereocenters. The minimum atomic E-state index is -0.201. The molecule has 1 fully saturated rings. The number of carbonyl (C=O) groups is 1. The maximum atomic E-state index is 12.8. The van der Waals surface area contributed by atoms with Crippen molar-refractivity contribution in [2.75, 3.05) is 33.9 Å². The molecule has 144 valence electrons. The first-order chi connectivity index (χ1) is 13.1. The summed E-state index contributed by atoms with van der Waals surface area (Å²) in [6.07, 6.45) is 2.34. The second kappa shape index (κ2) is 9.11. The number of hydrogen-bond donors (Lipinski definition) is 1. The van der Waals surface area contributed by atoms with Crippen LogP contribution >= 0.6 is 11.6 Å². The summed E-state index contributed by atoms with van der Waals surface area (Å²) in [5, 5.41) is 3.55. The average molecular weight is 389 g/mol. The standard InChI is InChI=1S/C21H25ClN2O3/c1-26-19-8-4-3-7-16(19)18(24-11-5-6-12-24)14-23-21(25)17-13-15(22)9-10-20(17)27-2/h3-4,7-10,13,18H,5-6,11-12,14H2,1-2H3,(H,23,25). The Hall–Kier alpha value is -2.24. The summed E-state index contributed by atoms with van der Waals surface area (Å²) in [6.45, 7) is 2.51. The molecule has 1 aliphatic heterocycles. The number of carbonyl (C=O) groups excluding carboxylic acids is 1. The third kappa shape index (κ3) is 4.54. The monoisotopic (exact) mass is 388 g/mol. The van der Waals surface area contributed by atoms with Crippen LogP contribution in [0.5, 0.6) is 11.5 Å². The Morgan fingerprint density at radius 2 is 1.81 bits per heavy atom. The van der Waals surface area contributed by atoms with Gasteiger partial charge in [0.1, 0.15) is 11.5 Å². The van der Waals surface area contributed by atoms with Gasteiger partial charge in [-0.25, -0.2) is 0 Å². The minimum Gasteiger partial charge on any atom is -0.496 e. The van der Waals surface area contributed by atoms with Crippen LogP contribution in [0.1, 0.15) is 34.8 Å². The van der Waals surface area contributed by atoms with Gasteiger partial charge in [0, 0.05) is 17.1 Å². The van der Waals surface area contributed by atoms with Gasteiger partial charge in [-0.3, -0.25) is 9.69 Å². The highest BCUT2D eigenvalue weighted by Crippen LogP contribution is 2.31. The normalized spacial score (nSPS) is 15.4. The van der Waals surface area contributed by atoms with Gasteiger partial charge in [-0.05, 0) is 50.2 Å². The molecule has 0 bridgehead atoms. The van der Waals surface area contributed by atoms with Crippen molar-refractivity contribution in [3.05, 3.63) is 58.6 Å². The van der Waals surface area contributed by atoms with Crippen molar-refractivity contribution >= 4 is 17.5 Å². The molecular formula is C21H25ClN2O3. The van der Waals surface area contributed by atoms with Gasteiger partial charge in [0.2, 0.25) is 0 Å². The van der Waals surface area contributed by atoms with Crippen molar-refractivity contribution in [3.63, 3.8) is 0 Å². The van der Waals surface area contributed by atoms with Gasteiger partial charge in [-0.15, -0.1) is 0 Å². The van der Waals surface area contributed by atoms with Crippen molar-refractivity contribution in [2.45, 2.75) is 18.9 Å². The van der Waals surface area contributed by atoms with Crippen molar-refractivity contribution in [3.8, 4) is 11.5 Å². The Morgan fingerprint density at radius 1 is 1.11 bits per heavy atom. The summed E-state index contributed by atoms with van der Waals surface area (Å²) in [4.78, 5) is 15.2. The molecule has 5 nitrogen and oxygen atoms in total. The van der Waals surface area contributed by atoms with E-state index in [1.54, 1.807) is 32.4 Å². The lowest BCUT2D eigenvalue weighted by Crippen LogP contribution is -2.37. The van der Waals surface area contributed by atoms with E-state index in [9.17, 15) is 4.79 Å². The van der Waals surface area contributed by atoms with E-state index < -0.39 is 0 Å². The summed E-state index contributed by atoms with van der Waals surface area (Å²) in [5.41, 5.74) is 1.52. The van der Waals surface area contributed by atoms with E-state index in [4.69, 9.17) is 21.1 Å². The number of benzene rings is 2. The molecule has 0 aliphatic carbocycles. The Labute approximate surface area is 165 Å². The number of likely N-dealkylation sites (tertiary alicyclic amines) is 1. The zero-order chi connectivity index (χ0) is 19.2. The van der Waals surface area contributed by atoms with Crippen LogP contribution in [0.3, 0.4) is 0 Å². The first kappa shape index (κ1) is 19.5. The SMILES string of the molecule is COc1ccc(Cl)cc1C(=O)NCC(c1ccccc1OC)N1CCCC1. The molecule has 2 aromatic rings. The fourth-order valence-corrected chi connectivity index (χ4v) is 3.75. The number of methoxy groups -OCH3 is 2. The van der Waals surface area contributed by atoms with Crippen molar-refractivity contribution in [2.24, 2.45) is 0 Å². The van der Waals surface area contributed by atoms with E-state index in [-0.39, 0.29) is 11.9 Å². The van der Waals surface area contributed by atoms with E-state index in [1.165, 1.54) is 12.8 Å². The number of para-hydroxylation sites is 1. The van der Waals surface area contributed by atoms with Gasteiger partial charge in [-0.2, -0.15) is 0 Å². The van der Waals surface area contributed by atoms with Crippen LogP contribution in [0.25, 0.3) is 0 Å². The fourth-order valence-electron chi connectivity index (χ4n) is 3.57. The van der Waals surface area contributed by atoms with Gasteiger partial charge in [-0.1, -0.05) is 29.8 Å². The Morgan fingerprint density at radius 3 is 2.52 bits per heavy atom. The minimum absolute atomic E-state index is 0.0535. The predicted octanol–water partition coefficient (Wildman–Crippen LogP) is 3.92. The maximum Gasteiger partial charge on any atom is 0.255 e. The van der Waals surface area contributed by atoms with Gasteiger partial charge in [0.05, 0.1) is 25.8 Å². The summed E-state index contributed by atoms with van der Waals surface area (Å²) < 4.78 is 10.9. The lowest BCUT2D eigenvalue weighted by Gasteiger charge is -2.29. The lowest BCUT2D eigenvalue weighted by molar-refractivity contribution is 0.0934. The topological polar surface area (TPSA) is 50.8 Å². The number of hydrogen-bond acceptors (Lipinski definition) is 4. The highest BCUT2D eigenvalue weighted by Gasteiger charge is 2.26. The second-order valence-corrected chi connectivity index (χ2v) is 6.99. The fraction of sp³-hybridized carbons (Fsp3) is 0.381. The van der Waals surface area contributed by atoms with Crippen LogP contribution in [-0.4, -0.2) is 44.7 Å². The van der Waals surface area contributed by atoms with Crippen LogP contribution < -0.4 is 14.8 Å². The third-order valence-electron chi connectivity index (χ3n) is 4.94. The number of halogens is 1. The molecule has 1 aliphatic rings. The summed E-state index contributed by atoms with van der Waals surface area (Å²) in [7, 11) is 3.22. The molecule has 0 spiro atoms. The molecule has 3 rings (SSSR count). The molecule has 2 aromatic carbocycles. The maximum absolute atomic E-state index is 12.8. The van der Waals surface area contributed by atoms with E-state index in [2.05, 4.69) is 16.3 Å². The van der Waals surface area contributed by atoms with Crippen molar-refractivity contribution < 1.29 is 14.3 Å². The summed E-state index contributed by atoms with van der Waals surface area (Å²) >= 11 is 6.06. The van der Waals surface area contributed by atoms with Crippen LogP contribution in [0.15, 0.2) is 42.5 Å². The van der Waals surface area contributed by atoms with E-state index in [0.717, 1.165) is 24.4 Å². The van der Waals surface area contributed by atoms with Gasteiger partial charge >= 0.3 is 0 Å². The van der Waals surface area contributed by atoms with Crippen LogP contribution in [0.2, 0.25) is 5.02 Å². The zero-order valence-electron chi connectivity index (χ0n) is 15.7. The first-order valence-corrected chi connectivity index (χ1v) is 9.50. The summed E-state index contributed by atoms with van der Waals surface area (Å²) in [6, 6.07) is 13.1. The van der Waals surface area contributed by atoms with E-state index in [1.807, 2.05) is 18.2 Å². The zero-order valence-corrected chi connectivity index (χ0v) is 16.5. The van der Waals surface area contributed by atoms with E-state index >= 15 is 0 Å². The molecule has 0 aromatic heterocycles. The lowest BCUT2D eigenvalue weighted by atomic mass is 10.0. The molecule has 0 saturated carbocycles. The quantitative estimate of drug-likeness (QED) is 0.780. The van der Waals surface area contributed by atoms with E-state index in [0.29, 0.717) is 22.9 Å². The molecule has 1 N–H and O–H groups in total. The van der Waals surface area contributed by atoms with Gasteiger partial charge in [0.25, 0.3) is 5.91 Å². The van der Waals surface area contributed by atoms with Crippen molar-refractivity contribution in [1.29, 1.82) is 0 Å². The highest BCUT2D eigenvalue weighted by atomic mass is 35.5. The number of nitrogens with zero attached hydrogens (tertiary/aromatic N) is 1.